The van der Waals surface area contributed by atoms with Gasteiger partial charge >= 0.3 is 0 Å². The molecule has 5 fully saturated rings. The van der Waals surface area contributed by atoms with Crippen molar-refractivity contribution in [1.82, 2.24) is 0 Å². The summed E-state index contributed by atoms with van der Waals surface area (Å²) < 4.78 is 0. The number of hydrogen-bond donors (Lipinski definition) is 1. The summed E-state index contributed by atoms with van der Waals surface area (Å²) in [5.41, 5.74) is 6.76. The molecule has 3 unspecified atom stereocenters. The van der Waals surface area contributed by atoms with Crippen LogP contribution in [0.2, 0.25) is 0 Å². The van der Waals surface area contributed by atoms with Gasteiger partial charge in [-0.2, -0.15) is 5.26 Å². The van der Waals surface area contributed by atoms with Crippen LogP contribution in [-0.4, -0.2) is 11.8 Å². The molecule has 0 amide bonds. The van der Waals surface area contributed by atoms with Gasteiger partial charge in [-0.05, 0) is 73.0 Å². The fraction of sp³-hybridized carbons (Fsp3) is 0.905. The Bertz CT molecular complexity index is 653. The standard InChI is InChI=1S/C21H30N2O/c1-19-7-3-4-13(19)16-12-10-21(11-22)17(18(12)23)15(24)6-9-20(21,2)14(16)5-8-19/h12-14,16-18H,3-10,23H2,1-2H3/t12-,13+,14+,16+,17?,18?,19+,20-,21?/m1/s1. The van der Waals surface area contributed by atoms with Gasteiger partial charge in [0.2, 0.25) is 0 Å². The van der Waals surface area contributed by atoms with Crippen LogP contribution in [0.5, 0.6) is 0 Å². The predicted molar refractivity (Wildman–Crippen MR) is 91.6 cm³/mol. The molecule has 9 atom stereocenters. The van der Waals surface area contributed by atoms with Crippen LogP contribution < -0.4 is 5.73 Å². The first-order valence-corrected chi connectivity index (χ1v) is 10.1. The topological polar surface area (TPSA) is 66.9 Å². The number of ketones is 1. The van der Waals surface area contributed by atoms with E-state index in [1.165, 1.54) is 32.1 Å². The zero-order valence-electron chi connectivity index (χ0n) is 15.1. The van der Waals surface area contributed by atoms with Crippen molar-refractivity contribution in [3.63, 3.8) is 0 Å². The van der Waals surface area contributed by atoms with Gasteiger partial charge in [-0.15, -0.1) is 0 Å². The van der Waals surface area contributed by atoms with E-state index in [-0.39, 0.29) is 23.2 Å². The Morgan fingerprint density at radius 3 is 2.71 bits per heavy atom. The van der Waals surface area contributed by atoms with Crippen molar-refractivity contribution in [3.05, 3.63) is 0 Å². The van der Waals surface area contributed by atoms with E-state index < -0.39 is 5.41 Å². The number of carbonyl (C=O) groups excluding carboxylic acids is 1. The van der Waals surface area contributed by atoms with Gasteiger partial charge in [0.05, 0.1) is 17.4 Å². The lowest BCUT2D eigenvalue weighted by Gasteiger charge is -2.62. The maximum Gasteiger partial charge on any atom is 0.139 e. The molecule has 2 bridgehead atoms. The van der Waals surface area contributed by atoms with Gasteiger partial charge in [0, 0.05) is 12.5 Å². The molecule has 130 valence electrons. The second-order valence-electron chi connectivity index (χ2n) is 10.3. The van der Waals surface area contributed by atoms with E-state index in [1.807, 2.05) is 0 Å². The molecule has 0 spiro atoms. The molecule has 3 nitrogen and oxygen atoms in total. The molecule has 0 heterocycles. The number of Topliss-reactive ketones (excluding diaryl/α,β-unsaturated/α-hetero) is 1. The molecule has 0 aromatic heterocycles. The van der Waals surface area contributed by atoms with Crippen LogP contribution in [0.25, 0.3) is 0 Å². The summed E-state index contributed by atoms with van der Waals surface area (Å²) in [6.07, 6.45) is 9.09. The molecule has 5 rings (SSSR count). The van der Waals surface area contributed by atoms with Crippen molar-refractivity contribution < 1.29 is 4.79 Å². The fourth-order valence-electron chi connectivity index (χ4n) is 8.73. The van der Waals surface area contributed by atoms with Gasteiger partial charge in [0.15, 0.2) is 0 Å². The minimum atomic E-state index is -0.472. The van der Waals surface area contributed by atoms with E-state index in [9.17, 15) is 10.1 Å². The maximum atomic E-state index is 12.8. The van der Waals surface area contributed by atoms with E-state index in [2.05, 4.69) is 19.9 Å². The second kappa shape index (κ2) is 4.44. The Morgan fingerprint density at radius 2 is 1.96 bits per heavy atom. The van der Waals surface area contributed by atoms with Crippen LogP contribution in [0.3, 0.4) is 0 Å². The highest BCUT2D eigenvalue weighted by molar-refractivity contribution is 5.85. The molecule has 5 aliphatic rings. The summed E-state index contributed by atoms with van der Waals surface area (Å²) in [7, 11) is 0. The molecule has 5 aliphatic carbocycles. The number of rotatable bonds is 0. The zero-order valence-corrected chi connectivity index (χ0v) is 15.1. The first-order chi connectivity index (χ1) is 11.4. The van der Waals surface area contributed by atoms with Crippen LogP contribution in [-0.2, 0) is 4.79 Å². The van der Waals surface area contributed by atoms with Crippen molar-refractivity contribution in [2.24, 2.45) is 51.6 Å². The largest absolute Gasteiger partial charge is 0.327 e. The molecule has 3 heteroatoms. The van der Waals surface area contributed by atoms with E-state index in [0.717, 1.165) is 18.8 Å². The number of nitrogens with two attached hydrogens (primary N) is 1. The third-order valence-electron chi connectivity index (χ3n) is 9.85. The van der Waals surface area contributed by atoms with Gasteiger partial charge in [-0.1, -0.05) is 20.3 Å². The zero-order chi connectivity index (χ0) is 16.9. The van der Waals surface area contributed by atoms with Crippen molar-refractivity contribution in [3.8, 4) is 6.07 Å². The monoisotopic (exact) mass is 326 g/mol. The summed E-state index contributed by atoms with van der Waals surface area (Å²) in [4.78, 5) is 12.8. The van der Waals surface area contributed by atoms with Crippen LogP contribution in [0.1, 0.15) is 65.2 Å². The SMILES string of the molecule is C[C@@]12CCC[C@H]1[C@@H]1[C@H]3CC4(C#N)C(C(=O)CC[C@]4(C)[C@H]1CC2)C3N. The van der Waals surface area contributed by atoms with Crippen molar-refractivity contribution >= 4 is 5.78 Å². The highest BCUT2D eigenvalue weighted by Crippen LogP contribution is 2.75. The van der Waals surface area contributed by atoms with Crippen LogP contribution >= 0.6 is 0 Å². The van der Waals surface area contributed by atoms with Crippen LogP contribution in [0.4, 0.5) is 0 Å². The number of fused-ring (bicyclic) bond motifs is 6. The number of nitrogens with zero attached hydrogens (tertiary/aromatic N) is 1. The lowest BCUT2D eigenvalue weighted by molar-refractivity contribution is -0.154. The molecule has 5 saturated carbocycles. The highest BCUT2D eigenvalue weighted by atomic mass is 16.1. The molecule has 0 aromatic rings. The number of hydrogen-bond acceptors (Lipinski definition) is 3. The first kappa shape index (κ1) is 15.4. The minimum Gasteiger partial charge on any atom is -0.327 e. The molecule has 0 saturated heterocycles. The summed E-state index contributed by atoms with van der Waals surface area (Å²) in [6.45, 7) is 4.87. The van der Waals surface area contributed by atoms with Crippen LogP contribution in [0.15, 0.2) is 0 Å². The highest BCUT2D eigenvalue weighted by Gasteiger charge is 2.75. The fourth-order valence-corrected chi connectivity index (χ4v) is 8.73. The summed E-state index contributed by atoms with van der Waals surface area (Å²) in [5, 5.41) is 10.2. The van der Waals surface area contributed by atoms with Gasteiger partial charge in [-0.25, -0.2) is 0 Å². The van der Waals surface area contributed by atoms with E-state index in [0.29, 0.717) is 29.6 Å². The molecule has 0 aliphatic heterocycles. The molecule has 2 N–H and O–H groups in total. The Morgan fingerprint density at radius 1 is 1.17 bits per heavy atom. The van der Waals surface area contributed by atoms with Crippen molar-refractivity contribution in [1.29, 1.82) is 5.26 Å². The summed E-state index contributed by atoms with van der Waals surface area (Å²) in [5.74, 6) is 2.54. The van der Waals surface area contributed by atoms with Gasteiger partial charge in [0.1, 0.15) is 5.78 Å². The third-order valence-corrected chi connectivity index (χ3v) is 9.85. The smallest absolute Gasteiger partial charge is 0.139 e. The van der Waals surface area contributed by atoms with Crippen molar-refractivity contribution in [2.45, 2.75) is 71.3 Å². The van der Waals surface area contributed by atoms with Crippen molar-refractivity contribution in [2.75, 3.05) is 0 Å². The summed E-state index contributed by atoms with van der Waals surface area (Å²) >= 11 is 0. The van der Waals surface area contributed by atoms with Gasteiger partial charge in [0.25, 0.3) is 0 Å². The quantitative estimate of drug-likeness (QED) is 0.738. The first-order valence-electron chi connectivity index (χ1n) is 10.1. The average molecular weight is 326 g/mol. The normalized spacial score (nSPS) is 61.2. The Hall–Kier alpha value is -0.880. The molecule has 24 heavy (non-hydrogen) atoms. The second-order valence-corrected chi connectivity index (χ2v) is 10.3. The third kappa shape index (κ3) is 1.44. The molecule has 0 radical (unpaired) electrons. The van der Waals surface area contributed by atoms with Gasteiger partial charge in [-0.3, -0.25) is 4.79 Å². The number of carbonyl (C=O) groups is 1. The molecule has 0 aromatic carbocycles. The molecular formula is C21H30N2O. The van der Waals surface area contributed by atoms with Crippen LogP contribution in [0, 0.1) is 57.2 Å². The van der Waals surface area contributed by atoms with E-state index in [4.69, 9.17) is 5.73 Å². The minimum absolute atomic E-state index is 0.000463. The Kier molecular flexibility index (Phi) is 2.85. The Labute approximate surface area is 145 Å². The number of nitriles is 1. The summed E-state index contributed by atoms with van der Waals surface area (Å²) in [6, 6.07) is 2.64. The lowest BCUT2D eigenvalue weighted by Crippen LogP contribution is -2.59. The van der Waals surface area contributed by atoms with E-state index >= 15 is 0 Å². The predicted octanol–water partition coefficient (Wildman–Crippen LogP) is 3.68. The van der Waals surface area contributed by atoms with E-state index in [1.54, 1.807) is 0 Å². The Balaban J connectivity index is 1.69. The maximum absolute atomic E-state index is 12.8. The lowest BCUT2D eigenvalue weighted by atomic mass is 9.40. The van der Waals surface area contributed by atoms with Gasteiger partial charge < -0.3 is 5.73 Å². The molecular weight excluding hydrogens is 296 g/mol. The average Bonchev–Trinajstić information content (AvgIpc) is 3.08.